The summed E-state index contributed by atoms with van der Waals surface area (Å²) in [7, 11) is 0. The van der Waals surface area contributed by atoms with E-state index in [1.807, 2.05) is 44.2 Å². The van der Waals surface area contributed by atoms with Crippen molar-refractivity contribution in [3.63, 3.8) is 0 Å². The number of carbonyl (C=O) groups is 1. The number of para-hydroxylation sites is 3. The fraction of sp³-hybridized carbons (Fsp3) is 0.125. The van der Waals surface area contributed by atoms with Crippen LogP contribution in [0.3, 0.4) is 0 Å². The number of fused-ring (bicyclic) bond motifs is 1. The van der Waals surface area contributed by atoms with Crippen LogP contribution in [0.5, 0.6) is 0 Å². The molecule has 1 amide bonds. The Morgan fingerprint density at radius 3 is 2.42 bits per heavy atom. The summed E-state index contributed by atoms with van der Waals surface area (Å²) < 4.78 is 1.47. The number of carbonyl (C=O) groups excluding carboxylic acids is 1. The van der Waals surface area contributed by atoms with Crippen molar-refractivity contribution >= 4 is 45.9 Å². The van der Waals surface area contributed by atoms with Crippen LogP contribution in [-0.2, 0) is 4.79 Å². The lowest BCUT2D eigenvalue weighted by molar-refractivity contribution is -0.113. The lowest BCUT2D eigenvalue weighted by atomic mass is 10.1. The summed E-state index contributed by atoms with van der Waals surface area (Å²) in [5, 5.41) is 4.31. The van der Waals surface area contributed by atoms with Crippen molar-refractivity contribution in [2.24, 2.45) is 0 Å². The number of nitrogens with zero attached hydrogens (tertiary/aromatic N) is 2. The number of thioether (sulfide) groups is 1. The summed E-state index contributed by atoms with van der Waals surface area (Å²) in [6, 6.07) is 20.1. The fourth-order valence-corrected chi connectivity index (χ4v) is 4.40. The predicted octanol–water partition coefficient (Wildman–Crippen LogP) is 5.39. The van der Waals surface area contributed by atoms with Gasteiger partial charge in [0.05, 0.1) is 27.4 Å². The van der Waals surface area contributed by atoms with E-state index in [-0.39, 0.29) is 17.2 Å². The molecule has 0 spiro atoms. The second-order valence-electron chi connectivity index (χ2n) is 7.11. The summed E-state index contributed by atoms with van der Waals surface area (Å²) in [5.74, 6) is -0.0706. The van der Waals surface area contributed by atoms with E-state index >= 15 is 0 Å². The number of anilines is 1. The Morgan fingerprint density at radius 1 is 1.00 bits per heavy atom. The molecule has 0 aliphatic heterocycles. The highest BCUT2D eigenvalue weighted by atomic mass is 35.5. The molecular weight excluding hydrogens is 430 g/mol. The molecule has 0 saturated heterocycles. The van der Waals surface area contributed by atoms with Gasteiger partial charge in [-0.25, -0.2) is 4.98 Å². The van der Waals surface area contributed by atoms with Gasteiger partial charge in [-0.2, -0.15) is 0 Å². The molecule has 0 unspecified atom stereocenters. The minimum atomic E-state index is -0.226. The number of nitrogens with one attached hydrogen (secondary N) is 1. The molecule has 0 saturated carbocycles. The first kappa shape index (κ1) is 21.2. The normalized spacial score (nSPS) is 10.9. The SMILES string of the molecule is Cc1cccc(C)c1NC(=O)CSc1nc2ccccc2c(=O)n1-c1ccccc1Cl. The van der Waals surface area contributed by atoms with Crippen LogP contribution in [-0.4, -0.2) is 21.2 Å². The summed E-state index contributed by atoms with van der Waals surface area (Å²) in [6.45, 7) is 3.91. The first-order valence-corrected chi connectivity index (χ1v) is 11.1. The smallest absolute Gasteiger partial charge is 0.266 e. The average molecular weight is 450 g/mol. The van der Waals surface area contributed by atoms with Crippen LogP contribution in [0.2, 0.25) is 5.02 Å². The maximum absolute atomic E-state index is 13.3. The van der Waals surface area contributed by atoms with Crippen LogP contribution >= 0.6 is 23.4 Å². The van der Waals surface area contributed by atoms with Crippen LogP contribution in [0.15, 0.2) is 76.7 Å². The molecule has 4 rings (SSSR count). The van der Waals surface area contributed by atoms with E-state index in [1.54, 1.807) is 36.4 Å². The van der Waals surface area contributed by atoms with Gasteiger partial charge in [0.1, 0.15) is 0 Å². The minimum Gasteiger partial charge on any atom is -0.325 e. The van der Waals surface area contributed by atoms with E-state index in [9.17, 15) is 9.59 Å². The largest absolute Gasteiger partial charge is 0.325 e. The maximum atomic E-state index is 13.3. The Hall–Kier alpha value is -3.09. The molecule has 1 aromatic heterocycles. The van der Waals surface area contributed by atoms with Gasteiger partial charge in [-0.15, -0.1) is 0 Å². The highest BCUT2D eigenvalue weighted by Gasteiger charge is 2.17. The molecular formula is C24H20ClN3O2S. The third-order valence-electron chi connectivity index (χ3n) is 4.92. The molecule has 0 aliphatic carbocycles. The molecule has 0 fully saturated rings. The van der Waals surface area contributed by atoms with E-state index in [0.717, 1.165) is 16.8 Å². The van der Waals surface area contributed by atoms with E-state index in [4.69, 9.17) is 11.6 Å². The monoisotopic (exact) mass is 449 g/mol. The molecule has 1 heterocycles. The second kappa shape index (κ2) is 8.96. The standard InChI is InChI=1S/C24H20ClN3O2S/c1-15-8-7-9-16(2)22(15)27-21(29)14-31-24-26-19-12-5-3-10-17(19)23(30)28(24)20-13-6-4-11-18(20)25/h3-13H,14H2,1-2H3,(H,27,29). The number of aromatic nitrogens is 2. The van der Waals surface area contributed by atoms with Gasteiger partial charge in [0.15, 0.2) is 5.16 Å². The number of halogens is 1. The third-order valence-corrected chi connectivity index (χ3v) is 6.17. The number of hydrogen-bond donors (Lipinski definition) is 1. The maximum Gasteiger partial charge on any atom is 0.266 e. The Kier molecular flexibility index (Phi) is 6.11. The Labute approximate surface area is 189 Å². The minimum absolute atomic E-state index is 0.100. The van der Waals surface area contributed by atoms with Crippen molar-refractivity contribution in [2.75, 3.05) is 11.1 Å². The van der Waals surface area contributed by atoms with Crippen molar-refractivity contribution in [3.05, 3.63) is 93.2 Å². The molecule has 31 heavy (non-hydrogen) atoms. The summed E-state index contributed by atoms with van der Waals surface area (Å²) in [4.78, 5) is 30.6. The molecule has 156 valence electrons. The number of amides is 1. The van der Waals surface area contributed by atoms with E-state index in [1.165, 1.54) is 16.3 Å². The molecule has 0 radical (unpaired) electrons. The zero-order valence-corrected chi connectivity index (χ0v) is 18.6. The second-order valence-corrected chi connectivity index (χ2v) is 8.46. The van der Waals surface area contributed by atoms with E-state index < -0.39 is 0 Å². The molecule has 7 heteroatoms. The van der Waals surface area contributed by atoms with Crippen LogP contribution in [0.25, 0.3) is 16.6 Å². The van der Waals surface area contributed by atoms with Crippen molar-refractivity contribution in [2.45, 2.75) is 19.0 Å². The highest BCUT2D eigenvalue weighted by Crippen LogP contribution is 2.26. The Balaban J connectivity index is 1.70. The average Bonchev–Trinajstić information content (AvgIpc) is 2.76. The van der Waals surface area contributed by atoms with E-state index in [2.05, 4.69) is 10.3 Å². The van der Waals surface area contributed by atoms with Gasteiger partial charge in [-0.3, -0.25) is 14.2 Å². The van der Waals surface area contributed by atoms with Crippen LogP contribution < -0.4 is 10.9 Å². The quantitative estimate of drug-likeness (QED) is 0.328. The van der Waals surface area contributed by atoms with Crippen molar-refractivity contribution < 1.29 is 4.79 Å². The van der Waals surface area contributed by atoms with Crippen LogP contribution in [0.1, 0.15) is 11.1 Å². The zero-order valence-electron chi connectivity index (χ0n) is 17.1. The highest BCUT2D eigenvalue weighted by molar-refractivity contribution is 7.99. The summed E-state index contributed by atoms with van der Waals surface area (Å²) in [6.07, 6.45) is 0. The van der Waals surface area contributed by atoms with Crippen molar-refractivity contribution in [1.29, 1.82) is 0 Å². The first-order valence-electron chi connectivity index (χ1n) is 9.71. The summed E-state index contributed by atoms with van der Waals surface area (Å²) in [5.41, 5.74) is 3.68. The van der Waals surface area contributed by atoms with Gasteiger partial charge < -0.3 is 5.32 Å². The zero-order chi connectivity index (χ0) is 22.0. The third kappa shape index (κ3) is 4.36. The van der Waals surface area contributed by atoms with Gasteiger partial charge in [0.25, 0.3) is 5.56 Å². The number of hydrogen-bond acceptors (Lipinski definition) is 4. The first-order chi connectivity index (χ1) is 15.0. The van der Waals surface area contributed by atoms with Crippen molar-refractivity contribution in [1.82, 2.24) is 9.55 Å². The Morgan fingerprint density at radius 2 is 1.68 bits per heavy atom. The predicted molar refractivity (Wildman–Crippen MR) is 128 cm³/mol. The number of rotatable bonds is 5. The van der Waals surface area contributed by atoms with E-state index in [0.29, 0.717) is 26.8 Å². The molecule has 4 aromatic rings. The molecule has 0 aliphatic rings. The molecule has 1 N–H and O–H groups in total. The summed E-state index contributed by atoms with van der Waals surface area (Å²) >= 11 is 7.58. The van der Waals surface area contributed by atoms with Gasteiger partial charge in [-0.05, 0) is 49.2 Å². The van der Waals surface area contributed by atoms with Gasteiger partial charge in [0, 0.05) is 5.69 Å². The fourth-order valence-electron chi connectivity index (χ4n) is 3.37. The Bertz CT molecular complexity index is 1330. The number of aryl methyl sites for hydroxylation is 2. The molecule has 5 nitrogen and oxygen atoms in total. The van der Waals surface area contributed by atoms with Gasteiger partial charge in [0.2, 0.25) is 5.91 Å². The van der Waals surface area contributed by atoms with Crippen LogP contribution in [0.4, 0.5) is 5.69 Å². The molecule has 3 aromatic carbocycles. The number of benzene rings is 3. The lowest BCUT2D eigenvalue weighted by Crippen LogP contribution is -2.23. The lowest BCUT2D eigenvalue weighted by Gasteiger charge is -2.15. The van der Waals surface area contributed by atoms with Crippen LogP contribution in [0, 0.1) is 13.8 Å². The van der Waals surface area contributed by atoms with Crippen molar-refractivity contribution in [3.8, 4) is 5.69 Å². The molecule has 0 atom stereocenters. The molecule has 0 bridgehead atoms. The van der Waals surface area contributed by atoms with Gasteiger partial charge in [-0.1, -0.05) is 65.8 Å². The van der Waals surface area contributed by atoms with Gasteiger partial charge >= 0.3 is 0 Å². The topological polar surface area (TPSA) is 64.0 Å².